The molecule has 33 heavy (non-hydrogen) atoms. The first-order valence-electron chi connectivity index (χ1n) is 11.2. The molecule has 2 fully saturated rings. The second-order valence-corrected chi connectivity index (χ2v) is 8.93. The topological polar surface area (TPSA) is 71.0 Å². The summed E-state index contributed by atoms with van der Waals surface area (Å²) in [7, 11) is 3.72. The third-order valence-corrected chi connectivity index (χ3v) is 6.74. The van der Waals surface area contributed by atoms with Gasteiger partial charge in [-0.25, -0.2) is 9.78 Å². The van der Waals surface area contributed by atoms with Crippen LogP contribution in [0.25, 0.3) is 11.0 Å². The van der Waals surface area contributed by atoms with Gasteiger partial charge in [0, 0.05) is 43.6 Å². The lowest BCUT2D eigenvalue weighted by Crippen LogP contribution is -2.59. The van der Waals surface area contributed by atoms with Crippen LogP contribution >= 0.6 is 0 Å². The summed E-state index contributed by atoms with van der Waals surface area (Å²) in [6, 6.07) is 12.2. The van der Waals surface area contributed by atoms with Gasteiger partial charge in [-0.15, -0.1) is 0 Å². The Morgan fingerprint density at radius 2 is 1.94 bits per heavy atom. The third-order valence-electron chi connectivity index (χ3n) is 6.74. The normalized spacial score (nSPS) is 18.7. The molecule has 1 atom stereocenters. The fourth-order valence-corrected chi connectivity index (χ4v) is 4.48. The predicted octanol–water partition coefficient (Wildman–Crippen LogP) is 3.40. The van der Waals surface area contributed by atoms with Crippen LogP contribution in [0, 0.1) is 13.8 Å². The summed E-state index contributed by atoms with van der Waals surface area (Å²) in [6.45, 7) is 7.18. The number of rotatable bonds is 6. The van der Waals surface area contributed by atoms with E-state index >= 15 is 0 Å². The minimum absolute atomic E-state index is 0.147. The van der Waals surface area contributed by atoms with Crippen LogP contribution in [0.1, 0.15) is 11.1 Å². The number of pyridine rings is 2. The van der Waals surface area contributed by atoms with Crippen molar-refractivity contribution in [1.82, 2.24) is 14.9 Å². The van der Waals surface area contributed by atoms with Crippen molar-refractivity contribution < 1.29 is 14.3 Å². The lowest BCUT2D eigenvalue weighted by Gasteiger charge is -2.45. The molecule has 8 nitrogen and oxygen atoms in total. The zero-order valence-corrected chi connectivity index (χ0v) is 19.5. The molecule has 2 saturated heterocycles. The highest BCUT2D eigenvalue weighted by molar-refractivity contribution is 5.90. The van der Waals surface area contributed by atoms with Gasteiger partial charge in [0.2, 0.25) is 5.88 Å². The maximum atomic E-state index is 12.5. The van der Waals surface area contributed by atoms with Gasteiger partial charge in [0.1, 0.15) is 11.6 Å². The number of aryl methyl sites for hydroxylation is 2. The van der Waals surface area contributed by atoms with Crippen LogP contribution in [0.2, 0.25) is 0 Å². The lowest BCUT2D eigenvalue weighted by atomic mass is 10.1. The fraction of sp³-hybridized carbons (Fsp3) is 0.400. The molecule has 1 amide bonds. The number of hydrogen-bond acceptors (Lipinski definition) is 7. The van der Waals surface area contributed by atoms with E-state index in [1.165, 1.54) is 11.1 Å². The number of likely N-dealkylation sites (N-methyl/N-ethyl adjacent to an activating group) is 1. The van der Waals surface area contributed by atoms with Gasteiger partial charge in [-0.3, -0.25) is 14.8 Å². The Morgan fingerprint density at radius 1 is 1.12 bits per heavy atom. The number of aromatic nitrogens is 2. The highest BCUT2D eigenvalue weighted by Crippen LogP contribution is 2.31. The summed E-state index contributed by atoms with van der Waals surface area (Å²) >= 11 is 0. The summed E-state index contributed by atoms with van der Waals surface area (Å²) < 4.78 is 11.0. The number of cyclic esters (lactones) is 1. The zero-order chi connectivity index (χ0) is 23.1. The van der Waals surface area contributed by atoms with Gasteiger partial charge in [0.15, 0.2) is 0 Å². The lowest BCUT2D eigenvalue weighted by molar-refractivity contribution is 0.0957. The molecule has 4 heterocycles. The molecule has 8 heteroatoms. The quantitative estimate of drug-likeness (QED) is 0.574. The van der Waals surface area contributed by atoms with Gasteiger partial charge in [-0.2, -0.15) is 0 Å². The van der Waals surface area contributed by atoms with Crippen LogP contribution in [0.15, 0.2) is 42.6 Å². The molecule has 0 aliphatic carbocycles. The van der Waals surface area contributed by atoms with Crippen molar-refractivity contribution in [1.29, 1.82) is 0 Å². The summed E-state index contributed by atoms with van der Waals surface area (Å²) in [5, 5.41) is 0. The molecule has 2 aromatic heterocycles. The summed E-state index contributed by atoms with van der Waals surface area (Å²) in [5.41, 5.74) is 6.06. The second kappa shape index (κ2) is 8.51. The summed E-state index contributed by atoms with van der Waals surface area (Å²) in [4.78, 5) is 27.8. The molecular formula is C25H29N5O3. The van der Waals surface area contributed by atoms with Gasteiger partial charge in [0.25, 0.3) is 0 Å². The predicted molar refractivity (Wildman–Crippen MR) is 128 cm³/mol. The van der Waals surface area contributed by atoms with E-state index < -0.39 is 0 Å². The first-order chi connectivity index (χ1) is 15.9. The van der Waals surface area contributed by atoms with Crippen LogP contribution in [0.4, 0.5) is 16.2 Å². The Kier molecular flexibility index (Phi) is 5.54. The standard InChI is InChI=1S/C25H29N5O3/c1-16-5-6-18(11-17(16)2)30-15-20(33-25(30)31)14-28(3)19-12-29(13-19)22-9-10-26-21-7-8-23(32-4)27-24(21)22/h5-11,19-20H,12-15H2,1-4H3. The van der Waals surface area contributed by atoms with E-state index in [0.717, 1.165) is 35.5 Å². The van der Waals surface area contributed by atoms with Crippen LogP contribution in [-0.2, 0) is 4.74 Å². The number of fused-ring (bicyclic) bond motifs is 1. The van der Waals surface area contributed by atoms with Crippen molar-refractivity contribution >= 4 is 28.5 Å². The number of benzene rings is 1. The second-order valence-electron chi connectivity index (χ2n) is 8.93. The number of hydrogen-bond donors (Lipinski definition) is 0. The average molecular weight is 448 g/mol. The highest BCUT2D eigenvalue weighted by Gasteiger charge is 2.37. The van der Waals surface area contributed by atoms with Gasteiger partial charge in [0.05, 0.1) is 24.9 Å². The summed E-state index contributed by atoms with van der Waals surface area (Å²) in [6.07, 6.45) is 1.41. The molecule has 3 aromatic rings. The molecule has 2 aliphatic heterocycles. The highest BCUT2D eigenvalue weighted by atomic mass is 16.6. The summed E-state index contributed by atoms with van der Waals surface area (Å²) in [5.74, 6) is 0.585. The van der Waals surface area contributed by atoms with Crippen LogP contribution in [0.5, 0.6) is 5.88 Å². The number of ether oxygens (including phenoxy) is 2. The van der Waals surface area contributed by atoms with Crippen molar-refractivity contribution in [2.75, 3.05) is 50.1 Å². The van der Waals surface area contributed by atoms with Gasteiger partial charge in [-0.1, -0.05) is 6.07 Å². The number of nitrogens with zero attached hydrogens (tertiary/aromatic N) is 5. The minimum atomic E-state index is -0.268. The smallest absolute Gasteiger partial charge is 0.414 e. The van der Waals surface area contributed by atoms with Gasteiger partial charge < -0.3 is 14.4 Å². The van der Waals surface area contributed by atoms with E-state index in [1.54, 1.807) is 12.0 Å². The van der Waals surface area contributed by atoms with E-state index in [4.69, 9.17) is 9.47 Å². The number of amides is 1. The zero-order valence-electron chi connectivity index (χ0n) is 19.5. The molecule has 0 bridgehead atoms. The van der Waals surface area contributed by atoms with Crippen molar-refractivity contribution in [2.45, 2.75) is 26.0 Å². The van der Waals surface area contributed by atoms with E-state index in [-0.39, 0.29) is 12.2 Å². The Balaban J connectivity index is 1.21. The first kappa shape index (κ1) is 21.5. The molecule has 0 spiro atoms. The minimum Gasteiger partial charge on any atom is -0.481 e. The van der Waals surface area contributed by atoms with Crippen LogP contribution < -0.4 is 14.5 Å². The molecule has 1 unspecified atom stereocenters. The molecule has 0 saturated carbocycles. The van der Waals surface area contributed by atoms with E-state index in [0.29, 0.717) is 25.0 Å². The number of carbonyl (C=O) groups excluding carboxylic acids is 1. The van der Waals surface area contributed by atoms with Crippen LogP contribution in [-0.4, -0.2) is 73.4 Å². The molecular weight excluding hydrogens is 418 g/mol. The van der Waals surface area contributed by atoms with Crippen molar-refractivity contribution in [3.63, 3.8) is 0 Å². The Bertz CT molecular complexity index is 1190. The molecule has 0 N–H and O–H groups in total. The largest absolute Gasteiger partial charge is 0.481 e. The van der Waals surface area contributed by atoms with E-state index in [9.17, 15) is 4.79 Å². The average Bonchev–Trinajstić information content (AvgIpc) is 3.14. The van der Waals surface area contributed by atoms with Gasteiger partial charge >= 0.3 is 6.09 Å². The number of anilines is 2. The van der Waals surface area contributed by atoms with E-state index in [2.05, 4.69) is 46.7 Å². The number of methoxy groups -OCH3 is 1. The van der Waals surface area contributed by atoms with Crippen LogP contribution in [0.3, 0.4) is 0 Å². The van der Waals surface area contributed by atoms with Crippen molar-refractivity contribution in [2.24, 2.45) is 0 Å². The van der Waals surface area contributed by atoms with Crippen molar-refractivity contribution in [3.8, 4) is 5.88 Å². The Morgan fingerprint density at radius 3 is 2.70 bits per heavy atom. The van der Waals surface area contributed by atoms with Crippen molar-refractivity contribution in [3.05, 3.63) is 53.7 Å². The first-order valence-corrected chi connectivity index (χ1v) is 11.2. The maximum absolute atomic E-state index is 12.5. The SMILES string of the molecule is COc1ccc2nccc(N3CC(N(C)CC4CN(c5ccc(C)c(C)c5)C(=O)O4)C3)c2n1. The Hall–Kier alpha value is -3.39. The third kappa shape index (κ3) is 4.06. The van der Waals surface area contributed by atoms with Gasteiger partial charge in [-0.05, 0) is 56.3 Å². The molecule has 0 radical (unpaired) electrons. The van der Waals surface area contributed by atoms with E-state index in [1.807, 2.05) is 36.5 Å². The monoisotopic (exact) mass is 447 g/mol. The number of carbonyl (C=O) groups is 1. The molecule has 1 aromatic carbocycles. The molecule has 2 aliphatic rings. The molecule has 5 rings (SSSR count). The maximum Gasteiger partial charge on any atom is 0.414 e. The Labute approximate surface area is 193 Å². The molecule has 172 valence electrons. The fourth-order valence-electron chi connectivity index (χ4n) is 4.48.